The van der Waals surface area contributed by atoms with Crippen molar-refractivity contribution in [2.75, 3.05) is 13.1 Å². The van der Waals surface area contributed by atoms with Crippen LogP contribution in [0.5, 0.6) is 0 Å². The molecule has 1 aliphatic heterocycles. The predicted molar refractivity (Wildman–Crippen MR) is 110 cm³/mol. The molecule has 1 saturated heterocycles. The van der Waals surface area contributed by atoms with Crippen molar-refractivity contribution >= 4 is 30.1 Å². The molecule has 1 amide bonds. The first-order chi connectivity index (χ1) is 11.9. The van der Waals surface area contributed by atoms with Gasteiger partial charge in [-0.1, -0.05) is 24.8 Å². The molecule has 148 valence electrons. The Kier molecular flexibility index (Phi) is 9.13. The van der Waals surface area contributed by atoms with Crippen LogP contribution >= 0.6 is 24.2 Å². The molecule has 8 heteroatoms. The summed E-state index contributed by atoms with van der Waals surface area (Å²) < 4.78 is 2.13. The highest BCUT2D eigenvalue weighted by molar-refractivity contribution is 8.00. The quantitative estimate of drug-likeness (QED) is 0.542. The molecular weight excluding hydrogens is 370 g/mol. The van der Waals surface area contributed by atoms with Crippen LogP contribution in [0, 0.1) is 0 Å². The van der Waals surface area contributed by atoms with E-state index in [4.69, 9.17) is 0 Å². The largest absolute Gasteiger partial charge is 0.351 e. The van der Waals surface area contributed by atoms with E-state index in [1.165, 1.54) is 11.8 Å². The zero-order chi connectivity index (χ0) is 18.4. The van der Waals surface area contributed by atoms with E-state index < -0.39 is 0 Å². The fraction of sp³-hybridized carbons (Fsp3) is 0.722. The number of rotatable bonds is 7. The summed E-state index contributed by atoms with van der Waals surface area (Å²) in [7, 11) is 0. The molecule has 1 aliphatic rings. The summed E-state index contributed by atoms with van der Waals surface area (Å²) in [6, 6.07) is 0. The Hall–Kier alpha value is -1.05. The summed E-state index contributed by atoms with van der Waals surface area (Å²) in [6.07, 6.45) is 4.76. The first kappa shape index (κ1) is 23.0. The van der Waals surface area contributed by atoms with Crippen LogP contribution in [-0.4, -0.2) is 44.6 Å². The van der Waals surface area contributed by atoms with Crippen LogP contribution in [-0.2, 0) is 11.3 Å². The number of thioether (sulfide) groups is 1. The van der Waals surface area contributed by atoms with E-state index in [2.05, 4.69) is 32.0 Å². The molecule has 0 bridgehead atoms. The van der Waals surface area contributed by atoms with Gasteiger partial charge in [0, 0.05) is 18.0 Å². The van der Waals surface area contributed by atoms with Gasteiger partial charge in [-0.15, -0.1) is 29.2 Å². The van der Waals surface area contributed by atoms with Crippen LogP contribution in [0.1, 0.15) is 58.7 Å². The normalized spacial score (nSPS) is 16.6. The maximum Gasteiger partial charge on any atom is 0.233 e. The Morgan fingerprint density at radius 1 is 1.42 bits per heavy atom. The predicted octanol–water partition coefficient (Wildman–Crippen LogP) is 3.14. The summed E-state index contributed by atoms with van der Waals surface area (Å²) in [4.78, 5) is 12.6. The SMILES string of the molecule is C=CCn1c(SC(CC)C(=O)NC(C)(C)C)nnc1C1CCNCC1.Cl. The van der Waals surface area contributed by atoms with E-state index in [0.717, 1.165) is 43.3 Å². The highest BCUT2D eigenvalue weighted by Crippen LogP contribution is 2.30. The highest BCUT2D eigenvalue weighted by Gasteiger charge is 2.27. The number of aromatic nitrogens is 3. The maximum absolute atomic E-state index is 12.6. The van der Waals surface area contributed by atoms with Crippen LogP contribution < -0.4 is 10.6 Å². The first-order valence-corrected chi connectivity index (χ1v) is 9.97. The third-order valence-electron chi connectivity index (χ3n) is 4.17. The van der Waals surface area contributed by atoms with Crippen molar-refractivity contribution in [3.8, 4) is 0 Å². The molecular formula is C18H32ClN5OS. The van der Waals surface area contributed by atoms with Gasteiger partial charge in [-0.05, 0) is 53.1 Å². The van der Waals surface area contributed by atoms with Gasteiger partial charge >= 0.3 is 0 Å². The lowest BCUT2D eigenvalue weighted by atomic mass is 9.97. The molecule has 0 radical (unpaired) electrons. The number of hydrogen-bond donors (Lipinski definition) is 2. The van der Waals surface area contributed by atoms with E-state index in [1.807, 2.05) is 33.8 Å². The third kappa shape index (κ3) is 6.28. The number of carbonyl (C=O) groups is 1. The first-order valence-electron chi connectivity index (χ1n) is 9.09. The number of halogens is 1. The van der Waals surface area contributed by atoms with Crippen molar-refractivity contribution in [2.24, 2.45) is 0 Å². The number of nitrogens with zero attached hydrogens (tertiary/aromatic N) is 3. The van der Waals surface area contributed by atoms with Crippen molar-refractivity contribution in [2.45, 2.75) is 75.4 Å². The molecule has 1 fully saturated rings. The Balaban J connectivity index is 0.00000338. The van der Waals surface area contributed by atoms with Crippen LogP contribution in [0.2, 0.25) is 0 Å². The Morgan fingerprint density at radius 2 is 2.08 bits per heavy atom. The van der Waals surface area contributed by atoms with E-state index in [-0.39, 0.29) is 29.1 Å². The van der Waals surface area contributed by atoms with Gasteiger partial charge in [-0.3, -0.25) is 4.79 Å². The number of hydrogen-bond acceptors (Lipinski definition) is 5. The molecule has 2 heterocycles. The van der Waals surface area contributed by atoms with Crippen molar-refractivity contribution in [1.29, 1.82) is 0 Å². The number of amides is 1. The molecule has 0 spiro atoms. The van der Waals surface area contributed by atoms with Gasteiger partial charge in [0.15, 0.2) is 5.16 Å². The average Bonchev–Trinajstić information content (AvgIpc) is 2.94. The molecule has 1 aromatic heterocycles. The number of allylic oxidation sites excluding steroid dienone is 1. The number of carbonyl (C=O) groups excluding carboxylic acids is 1. The van der Waals surface area contributed by atoms with E-state index in [1.54, 1.807) is 0 Å². The van der Waals surface area contributed by atoms with Crippen LogP contribution in [0.3, 0.4) is 0 Å². The zero-order valence-corrected chi connectivity index (χ0v) is 17.9. The van der Waals surface area contributed by atoms with Gasteiger partial charge in [-0.25, -0.2) is 0 Å². The van der Waals surface area contributed by atoms with Gasteiger partial charge in [0.05, 0.1) is 5.25 Å². The van der Waals surface area contributed by atoms with E-state index >= 15 is 0 Å². The fourth-order valence-corrected chi connectivity index (χ4v) is 3.94. The summed E-state index contributed by atoms with van der Waals surface area (Å²) in [6.45, 7) is 14.6. The summed E-state index contributed by atoms with van der Waals surface area (Å²) in [5.74, 6) is 1.50. The Morgan fingerprint density at radius 3 is 2.62 bits per heavy atom. The minimum absolute atomic E-state index is 0. The minimum atomic E-state index is -0.236. The van der Waals surface area contributed by atoms with Crippen LogP contribution in [0.15, 0.2) is 17.8 Å². The van der Waals surface area contributed by atoms with Gasteiger partial charge in [0.25, 0.3) is 0 Å². The maximum atomic E-state index is 12.6. The smallest absolute Gasteiger partial charge is 0.233 e. The molecule has 26 heavy (non-hydrogen) atoms. The van der Waals surface area contributed by atoms with Crippen LogP contribution in [0.25, 0.3) is 0 Å². The monoisotopic (exact) mass is 401 g/mol. The van der Waals surface area contributed by atoms with E-state index in [0.29, 0.717) is 12.5 Å². The molecule has 0 saturated carbocycles. The standard InChI is InChI=1S/C18H31N5OS.ClH/c1-6-12-23-15(13-8-10-19-11-9-13)21-22-17(23)25-14(7-2)16(24)20-18(3,4)5;/h6,13-14,19H,1,7-12H2,2-5H3,(H,20,24);1H. The lowest BCUT2D eigenvalue weighted by molar-refractivity contribution is -0.122. The second-order valence-corrected chi connectivity index (χ2v) is 8.69. The van der Waals surface area contributed by atoms with Gasteiger partial charge < -0.3 is 15.2 Å². The van der Waals surface area contributed by atoms with Crippen molar-refractivity contribution < 1.29 is 4.79 Å². The topological polar surface area (TPSA) is 71.8 Å². The Labute approximate surface area is 167 Å². The zero-order valence-electron chi connectivity index (χ0n) is 16.2. The van der Waals surface area contributed by atoms with Crippen molar-refractivity contribution in [3.63, 3.8) is 0 Å². The summed E-state index contributed by atoms with van der Waals surface area (Å²) in [5, 5.41) is 16.0. The molecule has 0 aliphatic carbocycles. The second-order valence-electron chi connectivity index (χ2n) is 7.52. The molecule has 1 atom stereocenters. The molecule has 1 unspecified atom stereocenters. The molecule has 0 aromatic carbocycles. The highest BCUT2D eigenvalue weighted by atomic mass is 35.5. The average molecular weight is 402 g/mol. The summed E-state index contributed by atoms with van der Waals surface area (Å²) >= 11 is 1.50. The summed E-state index contributed by atoms with van der Waals surface area (Å²) in [5.41, 5.74) is -0.236. The van der Waals surface area contributed by atoms with Gasteiger partial charge in [0.2, 0.25) is 5.91 Å². The van der Waals surface area contributed by atoms with Gasteiger partial charge in [0.1, 0.15) is 5.82 Å². The third-order valence-corrected chi connectivity index (χ3v) is 5.52. The van der Waals surface area contributed by atoms with Crippen molar-refractivity contribution in [3.05, 3.63) is 18.5 Å². The molecule has 1 aromatic rings. The lowest BCUT2D eigenvalue weighted by Gasteiger charge is -2.24. The van der Waals surface area contributed by atoms with E-state index in [9.17, 15) is 4.79 Å². The molecule has 2 rings (SSSR count). The van der Waals surface area contributed by atoms with Crippen LogP contribution in [0.4, 0.5) is 0 Å². The number of nitrogens with one attached hydrogen (secondary N) is 2. The lowest BCUT2D eigenvalue weighted by Crippen LogP contribution is -2.44. The number of piperidine rings is 1. The molecule has 6 nitrogen and oxygen atoms in total. The second kappa shape index (κ2) is 10.3. The Bertz CT molecular complexity index is 593. The van der Waals surface area contributed by atoms with Gasteiger partial charge in [-0.2, -0.15) is 0 Å². The molecule has 2 N–H and O–H groups in total. The van der Waals surface area contributed by atoms with Crippen molar-refractivity contribution in [1.82, 2.24) is 25.4 Å². The minimum Gasteiger partial charge on any atom is -0.351 e. The fourth-order valence-electron chi connectivity index (χ4n) is 2.97.